The third-order valence-corrected chi connectivity index (χ3v) is 9.63. The fraction of sp³-hybridized carbons (Fsp3) is 0.536. The Hall–Kier alpha value is -2.17. The molecule has 0 unspecified atom stereocenters. The standard InChI is InChI=1S/C28H38F3N4OSSi/c1-10-38(11-2)36-27(8,9)28(30,31)21-14-12-13-19(24(21)29)17(3)33-25-20-15-23(37-26(5,6)7)32-16-22(20)34-18(4)35-25/h12-17H,10-11H2,1-9H3,(H,33,34,35)/t17-/m1/s1. The van der Waals surface area contributed by atoms with E-state index in [2.05, 4.69) is 41.0 Å². The Kier molecular flexibility index (Phi) is 9.20. The number of nitrogens with one attached hydrogen (secondary N) is 1. The number of thioether (sulfide) groups is 1. The van der Waals surface area contributed by atoms with Crippen molar-refractivity contribution in [1.29, 1.82) is 0 Å². The molecule has 1 radical (unpaired) electrons. The first-order valence-corrected chi connectivity index (χ1v) is 15.5. The first-order valence-electron chi connectivity index (χ1n) is 12.9. The first kappa shape index (κ1) is 30.4. The molecule has 3 aromatic rings. The average molecular weight is 564 g/mol. The number of hydrogen-bond acceptors (Lipinski definition) is 6. The third-order valence-electron chi connectivity index (χ3n) is 6.21. The van der Waals surface area contributed by atoms with Crippen molar-refractivity contribution in [2.24, 2.45) is 0 Å². The SMILES string of the molecule is CC[Si](CC)OC(C)(C)C(F)(F)c1cccc([C@@H](C)Nc2nc(C)nc3cnc(SC(C)(C)C)cc23)c1F. The van der Waals surface area contributed by atoms with E-state index in [0.717, 1.165) is 16.5 Å². The predicted octanol–water partition coefficient (Wildman–Crippen LogP) is 8.45. The van der Waals surface area contributed by atoms with Gasteiger partial charge in [0.2, 0.25) is 9.04 Å². The Morgan fingerprint density at radius 1 is 1.08 bits per heavy atom. The lowest BCUT2D eigenvalue weighted by molar-refractivity contribution is -0.158. The summed E-state index contributed by atoms with van der Waals surface area (Å²) in [6.45, 7) is 16.3. The van der Waals surface area contributed by atoms with Crippen molar-refractivity contribution in [2.75, 3.05) is 5.32 Å². The molecule has 0 fully saturated rings. The number of pyridine rings is 1. The van der Waals surface area contributed by atoms with Crippen LogP contribution in [0.25, 0.3) is 10.9 Å². The van der Waals surface area contributed by atoms with Crippen LogP contribution in [0, 0.1) is 12.7 Å². The van der Waals surface area contributed by atoms with Gasteiger partial charge in [-0.15, -0.1) is 11.8 Å². The second-order valence-corrected chi connectivity index (χ2v) is 15.4. The van der Waals surface area contributed by atoms with E-state index in [0.29, 0.717) is 29.2 Å². The number of halogens is 3. The summed E-state index contributed by atoms with van der Waals surface area (Å²) < 4.78 is 53.1. The van der Waals surface area contributed by atoms with Gasteiger partial charge in [0.25, 0.3) is 0 Å². The molecule has 0 aliphatic carbocycles. The minimum atomic E-state index is -3.53. The lowest BCUT2D eigenvalue weighted by Crippen LogP contribution is -2.47. The maximum Gasteiger partial charge on any atom is 0.302 e. The van der Waals surface area contributed by atoms with Gasteiger partial charge < -0.3 is 9.74 Å². The number of hydrogen-bond donors (Lipinski definition) is 1. The predicted molar refractivity (Wildman–Crippen MR) is 152 cm³/mol. The van der Waals surface area contributed by atoms with E-state index in [1.807, 2.05) is 19.9 Å². The van der Waals surface area contributed by atoms with Crippen LogP contribution in [-0.4, -0.2) is 34.3 Å². The summed E-state index contributed by atoms with van der Waals surface area (Å²) in [5.74, 6) is -3.46. The van der Waals surface area contributed by atoms with Gasteiger partial charge in [-0.25, -0.2) is 19.3 Å². The maximum atomic E-state index is 15.8. The van der Waals surface area contributed by atoms with Crippen molar-refractivity contribution < 1.29 is 17.6 Å². The van der Waals surface area contributed by atoms with E-state index < -0.39 is 38.0 Å². The second kappa shape index (κ2) is 11.5. The topological polar surface area (TPSA) is 59.9 Å². The quantitative estimate of drug-likeness (QED) is 0.197. The highest BCUT2D eigenvalue weighted by Crippen LogP contribution is 2.44. The van der Waals surface area contributed by atoms with Gasteiger partial charge in [0.05, 0.1) is 28.3 Å². The van der Waals surface area contributed by atoms with Crippen LogP contribution in [0.2, 0.25) is 12.1 Å². The van der Waals surface area contributed by atoms with E-state index in [1.54, 1.807) is 31.8 Å². The number of anilines is 1. The van der Waals surface area contributed by atoms with Crippen LogP contribution in [0.1, 0.15) is 78.4 Å². The lowest BCUT2D eigenvalue weighted by atomic mass is 9.91. The molecule has 0 aliphatic rings. The molecule has 1 aromatic carbocycles. The van der Waals surface area contributed by atoms with Crippen molar-refractivity contribution in [3.63, 3.8) is 0 Å². The van der Waals surface area contributed by atoms with Gasteiger partial charge >= 0.3 is 5.92 Å². The molecule has 2 aromatic heterocycles. The first-order chi connectivity index (χ1) is 17.6. The molecule has 38 heavy (non-hydrogen) atoms. The summed E-state index contributed by atoms with van der Waals surface area (Å²) in [7, 11) is -1.42. The Morgan fingerprint density at radius 3 is 2.34 bits per heavy atom. The van der Waals surface area contributed by atoms with Gasteiger partial charge in [0.15, 0.2) is 0 Å². The summed E-state index contributed by atoms with van der Waals surface area (Å²) in [5, 5.41) is 4.78. The molecule has 0 aliphatic heterocycles. The molecular weight excluding hydrogens is 525 g/mol. The monoisotopic (exact) mass is 563 g/mol. The van der Waals surface area contributed by atoms with E-state index in [4.69, 9.17) is 4.43 Å². The number of aryl methyl sites for hydroxylation is 1. The molecule has 2 heterocycles. The van der Waals surface area contributed by atoms with Crippen molar-refractivity contribution in [1.82, 2.24) is 15.0 Å². The van der Waals surface area contributed by atoms with Crippen LogP contribution < -0.4 is 5.32 Å². The van der Waals surface area contributed by atoms with Crippen LogP contribution in [0.4, 0.5) is 19.0 Å². The van der Waals surface area contributed by atoms with Crippen molar-refractivity contribution >= 4 is 37.5 Å². The van der Waals surface area contributed by atoms with E-state index >= 15 is 13.2 Å². The molecular formula is C28H38F3N4OSSi. The van der Waals surface area contributed by atoms with Crippen LogP contribution in [0.3, 0.4) is 0 Å². The second-order valence-electron chi connectivity index (χ2n) is 10.9. The zero-order valence-electron chi connectivity index (χ0n) is 23.7. The average Bonchev–Trinajstić information content (AvgIpc) is 2.81. The Balaban J connectivity index is 1.98. The molecule has 0 spiro atoms. The Bertz CT molecular complexity index is 1280. The van der Waals surface area contributed by atoms with E-state index in [-0.39, 0.29) is 10.3 Å². The Morgan fingerprint density at radius 2 is 1.74 bits per heavy atom. The zero-order valence-corrected chi connectivity index (χ0v) is 25.5. The number of fused-ring (bicyclic) bond motifs is 1. The normalized spacial score (nSPS) is 13.8. The summed E-state index contributed by atoms with van der Waals surface area (Å²) in [4.78, 5) is 13.5. The fourth-order valence-electron chi connectivity index (χ4n) is 4.16. The smallest absolute Gasteiger partial charge is 0.302 e. The van der Waals surface area contributed by atoms with Gasteiger partial charge in [-0.2, -0.15) is 8.78 Å². The minimum Gasteiger partial charge on any atom is -0.405 e. The number of rotatable bonds is 10. The summed E-state index contributed by atoms with van der Waals surface area (Å²) in [6, 6.07) is 6.78. The van der Waals surface area contributed by atoms with Crippen LogP contribution in [0.15, 0.2) is 35.5 Å². The number of alkyl halides is 2. The molecule has 0 saturated carbocycles. The largest absolute Gasteiger partial charge is 0.405 e. The molecule has 1 N–H and O–H groups in total. The van der Waals surface area contributed by atoms with Gasteiger partial charge in [-0.05, 0) is 51.9 Å². The molecule has 1 atom stereocenters. The Labute approximate surface area is 230 Å². The van der Waals surface area contributed by atoms with Crippen molar-refractivity contribution in [3.8, 4) is 0 Å². The van der Waals surface area contributed by atoms with Crippen LogP contribution >= 0.6 is 11.8 Å². The molecule has 3 rings (SSSR count). The fourth-order valence-corrected chi connectivity index (χ4v) is 6.71. The minimum absolute atomic E-state index is 0.0461. The van der Waals surface area contributed by atoms with E-state index in [9.17, 15) is 0 Å². The molecule has 5 nitrogen and oxygen atoms in total. The third kappa shape index (κ3) is 6.69. The number of nitrogens with zero attached hydrogens (tertiary/aromatic N) is 3. The van der Waals surface area contributed by atoms with Gasteiger partial charge in [-0.3, -0.25) is 0 Å². The molecule has 207 valence electrons. The number of benzene rings is 1. The van der Waals surface area contributed by atoms with Gasteiger partial charge in [0, 0.05) is 15.7 Å². The molecule has 10 heteroatoms. The molecule has 0 bridgehead atoms. The summed E-state index contributed by atoms with van der Waals surface area (Å²) >= 11 is 1.61. The van der Waals surface area contributed by atoms with Crippen LogP contribution in [-0.2, 0) is 10.3 Å². The van der Waals surface area contributed by atoms with Crippen LogP contribution in [0.5, 0.6) is 0 Å². The zero-order chi connectivity index (χ0) is 28.5. The van der Waals surface area contributed by atoms with E-state index in [1.165, 1.54) is 26.0 Å². The lowest BCUT2D eigenvalue weighted by Gasteiger charge is -2.37. The maximum absolute atomic E-state index is 15.8. The van der Waals surface area contributed by atoms with Crippen molar-refractivity contribution in [3.05, 3.63) is 53.2 Å². The number of aromatic nitrogens is 3. The van der Waals surface area contributed by atoms with Crippen molar-refractivity contribution in [2.45, 2.75) is 102 Å². The summed E-state index contributed by atoms with van der Waals surface area (Å²) in [6.07, 6.45) is 1.69. The van der Waals surface area contributed by atoms with Gasteiger partial charge in [-0.1, -0.05) is 46.8 Å². The highest BCUT2D eigenvalue weighted by atomic mass is 32.2. The van der Waals surface area contributed by atoms with Gasteiger partial charge in [0.1, 0.15) is 23.1 Å². The summed E-state index contributed by atoms with van der Waals surface area (Å²) in [5.41, 5.74) is -1.75. The molecule has 0 amide bonds. The highest BCUT2D eigenvalue weighted by molar-refractivity contribution is 8.00. The highest BCUT2D eigenvalue weighted by Gasteiger charge is 2.51. The molecule has 0 saturated heterocycles.